The van der Waals surface area contributed by atoms with Crippen molar-refractivity contribution in [3.05, 3.63) is 0 Å². The molecule has 0 saturated heterocycles. The van der Waals surface area contributed by atoms with Crippen molar-refractivity contribution >= 4 is 0 Å². The van der Waals surface area contributed by atoms with Crippen LogP contribution >= 0.6 is 0 Å². The molecule has 0 spiro atoms. The van der Waals surface area contributed by atoms with Crippen LogP contribution in [0, 0.1) is 35.5 Å². The highest BCUT2D eigenvalue weighted by atomic mass is 16.3. The largest absolute Gasteiger partial charge is 0.393 e. The highest BCUT2D eigenvalue weighted by molar-refractivity contribution is 4.88. The molecule has 24 heavy (non-hydrogen) atoms. The van der Waals surface area contributed by atoms with E-state index in [0.717, 1.165) is 48.3 Å². The molecule has 138 valence electrons. The van der Waals surface area contributed by atoms with Gasteiger partial charge in [-0.15, -0.1) is 0 Å². The zero-order chi connectivity index (χ0) is 16.4. The van der Waals surface area contributed by atoms with Gasteiger partial charge in [0.2, 0.25) is 0 Å². The van der Waals surface area contributed by atoms with Crippen LogP contribution in [0.4, 0.5) is 0 Å². The molecule has 4 aliphatic rings. The van der Waals surface area contributed by atoms with Crippen molar-refractivity contribution in [1.29, 1.82) is 0 Å². The monoisotopic (exact) mass is 332 g/mol. The summed E-state index contributed by atoms with van der Waals surface area (Å²) < 4.78 is 0. The molecule has 4 saturated carbocycles. The van der Waals surface area contributed by atoms with E-state index < -0.39 is 0 Å². The molecule has 4 fully saturated rings. The summed E-state index contributed by atoms with van der Waals surface area (Å²) in [7, 11) is 0. The van der Waals surface area contributed by atoms with E-state index in [2.05, 4.69) is 0 Å². The van der Waals surface area contributed by atoms with Crippen molar-refractivity contribution in [1.82, 2.24) is 0 Å². The van der Waals surface area contributed by atoms with E-state index in [1.165, 1.54) is 89.9 Å². The highest BCUT2D eigenvalue weighted by Gasteiger charge is 2.36. The fourth-order valence-electron chi connectivity index (χ4n) is 7.19. The second kappa shape index (κ2) is 8.11. The van der Waals surface area contributed by atoms with Crippen molar-refractivity contribution in [2.45, 2.75) is 109 Å². The van der Waals surface area contributed by atoms with E-state index in [9.17, 15) is 5.11 Å². The van der Waals surface area contributed by atoms with Gasteiger partial charge >= 0.3 is 0 Å². The van der Waals surface area contributed by atoms with Crippen molar-refractivity contribution in [3.8, 4) is 0 Å². The lowest BCUT2D eigenvalue weighted by atomic mass is 9.82. The van der Waals surface area contributed by atoms with Gasteiger partial charge in [0.25, 0.3) is 0 Å². The molecule has 0 aliphatic heterocycles. The van der Waals surface area contributed by atoms with Crippen LogP contribution in [0.5, 0.6) is 0 Å². The second-order valence-electron chi connectivity index (χ2n) is 10.1. The second-order valence-corrected chi connectivity index (χ2v) is 10.1. The zero-order valence-corrected chi connectivity index (χ0v) is 15.8. The number of aliphatic hydroxyl groups excluding tert-OH is 1. The van der Waals surface area contributed by atoms with Crippen LogP contribution in [0.25, 0.3) is 0 Å². The Hall–Kier alpha value is -0.0400. The maximum absolute atomic E-state index is 10.5. The lowest BCUT2D eigenvalue weighted by Crippen LogP contribution is -2.12. The minimum Gasteiger partial charge on any atom is -0.393 e. The first-order chi connectivity index (χ1) is 11.8. The molecule has 0 radical (unpaired) electrons. The summed E-state index contributed by atoms with van der Waals surface area (Å²) in [5.74, 6) is 6.13. The number of rotatable bonds is 6. The van der Waals surface area contributed by atoms with Gasteiger partial charge in [-0.3, -0.25) is 0 Å². The van der Waals surface area contributed by atoms with Gasteiger partial charge in [0.05, 0.1) is 6.10 Å². The summed E-state index contributed by atoms with van der Waals surface area (Å²) in [6, 6.07) is 0. The van der Waals surface area contributed by atoms with Gasteiger partial charge in [-0.1, -0.05) is 51.4 Å². The Morgan fingerprint density at radius 3 is 1.25 bits per heavy atom. The van der Waals surface area contributed by atoms with Crippen LogP contribution in [-0.2, 0) is 0 Å². The molecule has 1 N–H and O–H groups in total. The average molecular weight is 333 g/mol. The number of aliphatic hydroxyl groups is 1. The molecule has 0 bridgehead atoms. The van der Waals surface area contributed by atoms with Gasteiger partial charge in [-0.05, 0) is 86.9 Å². The van der Waals surface area contributed by atoms with Crippen LogP contribution in [0.15, 0.2) is 0 Å². The lowest BCUT2D eigenvalue weighted by molar-refractivity contribution is 0.135. The lowest BCUT2D eigenvalue weighted by Gasteiger charge is -2.24. The minimum absolute atomic E-state index is 0.00439. The van der Waals surface area contributed by atoms with Crippen LogP contribution < -0.4 is 0 Å². The molecular weight excluding hydrogens is 292 g/mol. The minimum atomic E-state index is -0.00439. The maximum atomic E-state index is 10.5. The Morgan fingerprint density at radius 1 is 0.583 bits per heavy atom. The number of hydrogen-bond donors (Lipinski definition) is 1. The van der Waals surface area contributed by atoms with Crippen molar-refractivity contribution in [2.75, 3.05) is 0 Å². The predicted molar refractivity (Wildman–Crippen MR) is 101 cm³/mol. The summed E-state index contributed by atoms with van der Waals surface area (Å²) in [6.07, 6.45) is 22.7. The molecule has 4 atom stereocenters. The Bertz CT molecular complexity index is 327. The Balaban J connectivity index is 1.12. The van der Waals surface area contributed by atoms with Crippen molar-refractivity contribution in [2.24, 2.45) is 35.5 Å². The molecule has 4 unspecified atom stereocenters. The summed E-state index contributed by atoms with van der Waals surface area (Å²) in [6.45, 7) is 0. The Labute approximate surface area is 150 Å². The van der Waals surface area contributed by atoms with E-state index in [1.807, 2.05) is 0 Å². The van der Waals surface area contributed by atoms with Crippen molar-refractivity contribution in [3.63, 3.8) is 0 Å². The molecule has 0 amide bonds. The van der Waals surface area contributed by atoms with Crippen LogP contribution in [-0.4, -0.2) is 11.2 Å². The third-order valence-corrected chi connectivity index (χ3v) is 8.49. The molecule has 0 heterocycles. The van der Waals surface area contributed by atoms with Crippen LogP contribution in [0.1, 0.15) is 103 Å². The van der Waals surface area contributed by atoms with Gasteiger partial charge in [0, 0.05) is 0 Å². The van der Waals surface area contributed by atoms with Gasteiger partial charge < -0.3 is 5.11 Å². The molecule has 4 aliphatic carbocycles. The van der Waals surface area contributed by atoms with Gasteiger partial charge in [0.15, 0.2) is 0 Å². The highest BCUT2D eigenvalue weighted by Crippen LogP contribution is 2.48. The molecule has 0 aromatic rings. The standard InChI is InChI=1S/C23H40O/c24-23(11-9-17-13-19-5-1-2-6-20(19)14-17)12-10-18-15-21-7-3-4-8-22(21)16-18/h17-24H,1-16H2. The van der Waals surface area contributed by atoms with Crippen molar-refractivity contribution < 1.29 is 5.11 Å². The zero-order valence-electron chi connectivity index (χ0n) is 15.8. The Morgan fingerprint density at radius 2 is 0.917 bits per heavy atom. The topological polar surface area (TPSA) is 20.2 Å². The predicted octanol–water partition coefficient (Wildman–Crippen LogP) is 6.34. The van der Waals surface area contributed by atoms with E-state index >= 15 is 0 Å². The first-order valence-electron chi connectivity index (χ1n) is 11.5. The first kappa shape index (κ1) is 17.4. The number of fused-ring (bicyclic) bond motifs is 2. The van der Waals surface area contributed by atoms with E-state index in [1.54, 1.807) is 0 Å². The number of hydrogen-bond acceptors (Lipinski definition) is 1. The third kappa shape index (κ3) is 4.19. The fraction of sp³-hybridized carbons (Fsp3) is 1.00. The summed E-state index contributed by atoms with van der Waals surface area (Å²) in [4.78, 5) is 0. The maximum Gasteiger partial charge on any atom is 0.0540 e. The summed E-state index contributed by atoms with van der Waals surface area (Å²) >= 11 is 0. The first-order valence-corrected chi connectivity index (χ1v) is 11.5. The molecule has 1 nitrogen and oxygen atoms in total. The van der Waals surface area contributed by atoms with E-state index in [4.69, 9.17) is 0 Å². The Kier molecular flexibility index (Phi) is 5.87. The van der Waals surface area contributed by atoms with Gasteiger partial charge in [-0.25, -0.2) is 0 Å². The molecule has 1 heteroatoms. The molecule has 0 aromatic carbocycles. The average Bonchev–Trinajstić information content (AvgIpc) is 3.21. The summed E-state index contributed by atoms with van der Waals surface area (Å²) in [5, 5.41) is 10.5. The SMILES string of the molecule is OC(CCC1CC2CCCCC2C1)CCC1CC2CCCCC2C1. The summed E-state index contributed by atoms with van der Waals surface area (Å²) in [5.41, 5.74) is 0. The molecule has 0 aromatic heterocycles. The fourth-order valence-corrected chi connectivity index (χ4v) is 7.19. The molecular formula is C23H40O. The third-order valence-electron chi connectivity index (χ3n) is 8.49. The van der Waals surface area contributed by atoms with E-state index in [-0.39, 0.29) is 6.10 Å². The van der Waals surface area contributed by atoms with Gasteiger partial charge in [0.1, 0.15) is 0 Å². The van der Waals surface area contributed by atoms with Gasteiger partial charge in [-0.2, -0.15) is 0 Å². The van der Waals surface area contributed by atoms with Crippen LogP contribution in [0.3, 0.4) is 0 Å². The van der Waals surface area contributed by atoms with E-state index in [0.29, 0.717) is 0 Å². The smallest absolute Gasteiger partial charge is 0.0540 e. The van der Waals surface area contributed by atoms with Crippen LogP contribution in [0.2, 0.25) is 0 Å². The molecule has 4 rings (SSSR count). The quantitative estimate of drug-likeness (QED) is 0.601. The normalized spacial score (nSPS) is 43.4.